The number of hydrogen-bond acceptors (Lipinski definition) is 5. The summed E-state index contributed by atoms with van der Waals surface area (Å²) in [5.41, 5.74) is 6.68. The zero-order chi connectivity index (χ0) is 16.7. The van der Waals surface area contributed by atoms with E-state index in [1.807, 2.05) is 24.3 Å². The van der Waals surface area contributed by atoms with Crippen LogP contribution in [0, 0.1) is 0 Å². The van der Waals surface area contributed by atoms with Crippen LogP contribution in [-0.4, -0.2) is 25.5 Å². The van der Waals surface area contributed by atoms with Crippen LogP contribution in [0.1, 0.15) is 21.7 Å². The number of halogens is 1. The molecule has 2 amide bonds. The first-order chi connectivity index (χ1) is 11.1. The first-order valence-electron chi connectivity index (χ1n) is 7.07. The molecule has 130 valence electrons. The van der Waals surface area contributed by atoms with E-state index in [2.05, 4.69) is 10.6 Å². The first kappa shape index (κ1) is 19.5. The standard InChI is InChI=1S/C16H19N3O4.ClH/c1-22-13-4-2-11(3-5-13)8-18-15(20)9-19-16(21)12-6-14(7-17)23-10-12;/h2-6,10H,7-9,17H2,1H3,(H,18,20)(H,19,21);1H. The van der Waals surface area contributed by atoms with Crippen LogP contribution in [-0.2, 0) is 17.9 Å². The topological polar surface area (TPSA) is 107 Å². The number of rotatable bonds is 7. The normalized spacial score (nSPS) is 9.75. The second-order valence-corrected chi connectivity index (χ2v) is 4.81. The van der Waals surface area contributed by atoms with E-state index < -0.39 is 0 Å². The summed E-state index contributed by atoms with van der Waals surface area (Å²) in [6.07, 6.45) is 1.31. The van der Waals surface area contributed by atoms with Crippen LogP contribution >= 0.6 is 12.4 Å². The van der Waals surface area contributed by atoms with Crippen LogP contribution in [0.5, 0.6) is 5.75 Å². The Morgan fingerprint density at radius 1 is 1.21 bits per heavy atom. The van der Waals surface area contributed by atoms with Crippen LogP contribution in [0.3, 0.4) is 0 Å². The molecular formula is C16H20ClN3O4. The number of methoxy groups -OCH3 is 1. The fourth-order valence-corrected chi connectivity index (χ4v) is 1.88. The van der Waals surface area contributed by atoms with E-state index in [9.17, 15) is 9.59 Å². The van der Waals surface area contributed by atoms with E-state index in [-0.39, 0.29) is 37.3 Å². The van der Waals surface area contributed by atoms with Gasteiger partial charge in [0.25, 0.3) is 5.91 Å². The van der Waals surface area contributed by atoms with Gasteiger partial charge >= 0.3 is 0 Å². The van der Waals surface area contributed by atoms with E-state index in [1.165, 1.54) is 6.26 Å². The molecule has 0 unspecified atom stereocenters. The van der Waals surface area contributed by atoms with Gasteiger partial charge in [-0.3, -0.25) is 9.59 Å². The number of carbonyl (C=O) groups is 2. The van der Waals surface area contributed by atoms with Crippen molar-refractivity contribution in [3.05, 3.63) is 53.5 Å². The Morgan fingerprint density at radius 2 is 1.92 bits per heavy atom. The van der Waals surface area contributed by atoms with Gasteiger partial charge in [0.05, 0.1) is 25.8 Å². The Hall–Kier alpha value is -2.51. The lowest BCUT2D eigenvalue weighted by Crippen LogP contribution is -2.36. The van der Waals surface area contributed by atoms with Gasteiger partial charge in [0.15, 0.2) is 0 Å². The van der Waals surface area contributed by atoms with Crippen LogP contribution in [0.15, 0.2) is 41.0 Å². The van der Waals surface area contributed by atoms with Crippen molar-refractivity contribution < 1.29 is 18.7 Å². The largest absolute Gasteiger partial charge is 0.497 e. The summed E-state index contributed by atoms with van der Waals surface area (Å²) in [6.45, 7) is 0.482. The number of nitrogens with one attached hydrogen (secondary N) is 2. The van der Waals surface area contributed by atoms with E-state index >= 15 is 0 Å². The molecule has 0 saturated carbocycles. The number of ether oxygens (including phenoxy) is 1. The highest BCUT2D eigenvalue weighted by Gasteiger charge is 2.11. The van der Waals surface area contributed by atoms with Gasteiger partial charge in [-0.05, 0) is 23.8 Å². The van der Waals surface area contributed by atoms with E-state index in [0.29, 0.717) is 17.9 Å². The highest BCUT2D eigenvalue weighted by atomic mass is 35.5. The summed E-state index contributed by atoms with van der Waals surface area (Å²) in [7, 11) is 1.59. The van der Waals surface area contributed by atoms with E-state index in [4.69, 9.17) is 14.9 Å². The summed E-state index contributed by atoms with van der Waals surface area (Å²) in [5, 5.41) is 5.24. The molecule has 0 aliphatic heterocycles. The minimum Gasteiger partial charge on any atom is -0.497 e. The van der Waals surface area contributed by atoms with Gasteiger partial charge < -0.3 is 25.5 Å². The second-order valence-electron chi connectivity index (χ2n) is 4.81. The molecular weight excluding hydrogens is 334 g/mol. The van der Waals surface area contributed by atoms with Crippen molar-refractivity contribution in [3.63, 3.8) is 0 Å². The van der Waals surface area contributed by atoms with Crippen molar-refractivity contribution in [1.29, 1.82) is 0 Å². The number of hydrogen-bond donors (Lipinski definition) is 3. The molecule has 4 N–H and O–H groups in total. The fraction of sp³-hybridized carbons (Fsp3) is 0.250. The van der Waals surface area contributed by atoms with Crippen LogP contribution in [0.25, 0.3) is 0 Å². The lowest BCUT2D eigenvalue weighted by molar-refractivity contribution is -0.120. The summed E-state index contributed by atoms with van der Waals surface area (Å²) in [5.74, 6) is 0.605. The van der Waals surface area contributed by atoms with Crippen molar-refractivity contribution in [2.45, 2.75) is 13.1 Å². The third-order valence-electron chi connectivity index (χ3n) is 3.18. The molecule has 0 spiro atoms. The Kier molecular flexibility index (Phi) is 7.81. The quantitative estimate of drug-likeness (QED) is 0.693. The number of amides is 2. The molecule has 0 bridgehead atoms. The predicted molar refractivity (Wildman–Crippen MR) is 91.0 cm³/mol. The Balaban J connectivity index is 0.00000288. The molecule has 24 heavy (non-hydrogen) atoms. The Bertz CT molecular complexity index is 670. The number of carbonyl (C=O) groups excluding carboxylic acids is 2. The molecule has 0 aliphatic carbocycles. The van der Waals surface area contributed by atoms with Crippen LogP contribution in [0.4, 0.5) is 0 Å². The third kappa shape index (κ3) is 5.60. The molecule has 2 aromatic rings. The van der Waals surface area contributed by atoms with Gasteiger partial charge in [0.1, 0.15) is 17.8 Å². The van der Waals surface area contributed by atoms with Gasteiger partial charge in [-0.2, -0.15) is 0 Å². The summed E-state index contributed by atoms with van der Waals surface area (Å²) >= 11 is 0. The van der Waals surface area contributed by atoms with Crippen molar-refractivity contribution in [2.24, 2.45) is 5.73 Å². The van der Waals surface area contributed by atoms with Gasteiger partial charge in [-0.15, -0.1) is 12.4 Å². The minimum atomic E-state index is -0.381. The number of furan rings is 1. The molecule has 0 aliphatic rings. The summed E-state index contributed by atoms with van der Waals surface area (Å²) < 4.78 is 10.1. The molecule has 0 radical (unpaired) electrons. The molecule has 7 nitrogen and oxygen atoms in total. The molecule has 0 fully saturated rings. The van der Waals surface area contributed by atoms with Crippen molar-refractivity contribution >= 4 is 24.2 Å². The zero-order valence-corrected chi connectivity index (χ0v) is 14.0. The van der Waals surface area contributed by atoms with E-state index in [0.717, 1.165) is 11.3 Å². The lowest BCUT2D eigenvalue weighted by atomic mass is 10.2. The molecule has 8 heteroatoms. The molecule has 1 aromatic heterocycles. The maximum atomic E-state index is 11.8. The van der Waals surface area contributed by atoms with Crippen molar-refractivity contribution in [3.8, 4) is 5.75 Å². The maximum Gasteiger partial charge on any atom is 0.254 e. The monoisotopic (exact) mass is 353 g/mol. The molecule has 2 rings (SSSR count). The summed E-state index contributed by atoms with van der Waals surface area (Å²) in [6, 6.07) is 8.90. The average Bonchev–Trinajstić information content (AvgIpc) is 3.07. The van der Waals surface area contributed by atoms with Gasteiger partial charge in [-0.25, -0.2) is 0 Å². The number of nitrogens with two attached hydrogens (primary N) is 1. The highest BCUT2D eigenvalue weighted by Crippen LogP contribution is 2.10. The SMILES string of the molecule is COc1ccc(CNC(=O)CNC(=O)c2coc(CN)c2)cc1.Cl. The van der Waals surface area contributed by atoms with Crippen molar-refractivity contribution in [1.82, 2.24) is 10.6 Å². The maximum absolute atomic E-state index is 11.8. The minimum absolute atomic E-state index is 0. The van der Waals surface area contributed by atoms with Crippen molar-refractivity contribution in [2.75, 3.05) is 13.7 Å². The number of benzene rings is 1. The van der Waals surface area contributed by atoms with Gasteiger partial charge in [-0.1, -0.05) is 12.1 Å². The van der Waals surface area contributed by atoms with Gasteiger partial charge in [0.2, 0.25) is 5.91 Å². The zero-order valence-electron chi connectivity index (χ0n) is 13.2. The molecule has 0 atom stereocenters. The predicted octanol–water partition coefficient (Wildman–Crippen LogP) is 1.21. The van der Waals surface area contributed by atoms with E-state index in [1.54, 1.807) is 13.2 Å². The lowest BCUT2D eigenvalue weighted by Gasteiger charge is -2.07. The second kappa shape index (κ2) is 9.59. The van der Waals surface area contributed by atoms with Gasteiger partial charge in [0, 0.05) is 6.54 Å². The Labute approximate surface area is 146 Å². The third-order valence-corrected chi connectivity index (χ3v) is 3.18. The summed E-state index contributed by atoms with van der Waals surface area (Å²) in [4.78, 5) is 23.6. The first-order valence-corrected chi connectivity index (χ1v) is 7.07. The van der Waals surface area contributed by atoms with Crippen LogP contribution < -0.4 is 21.1 Å². The van der Waals surface area contributed by atoms with Crippen LogP contribution in [0.2, 0.25) is 0 Å². The highest BCUT2D eigenvalue weighted by molar-refractivity contribution is 5.96. The fourth-order valence-electron chi connectivity index (χ4n) is 1.88. The average molecular weight is 354 g/mol. The Morgan fingerprint density at radius 3 is 2.50 bits per heavy atom. The smallest absolute Gasteiger partial charge is 0.254 e. The molecule has 1 heterocycles. The molecule has 1 aromatic carbocycles. The molecule has 0 saturated heterocycles.